The van der Waals surface area contributed by atoms with Gasteiger partial charge in [0.1, 0.15) is 5.82 Å². The van der Waals surface area contributed by atoms with Crippen LogP contribution in [0.2, 0.25) is 0 Å². The van der Waals surface area contributed by atoms with E-state index < -0.39 is 26.3 Å². The third-order valence-corrected chi connectivity index (χ3v) is 3.53. The van der Waals surface area contributed by atoms with Crippen molar-refractivity contribution < 1.29 is 28.1 Å². The maximum atomic E-state index is 13.7. The molecule has 0 fully saturated rings. The molecule has 12 heteroatoms. The molecule has 0 unspecified atom stereocenters. The lowest BCUT2D eigenvalue weighted by Gasteiger charge is -2.05. The number of halogens is 2. The van der Waals surface area contributed by atoms with Crippen LogP contribution in [-0.4, -0.2) is 30.7 Å². The molecular formula is C11H11BrFN4O5P. The Morgan fingerprint density at radius 3 is 2.78 bits per heavy atom. The zero-order chi connectivity index (χ0) is 17.2. The monoisotopic (exact) mass is 408 g/mol. The van der Waals surface area contributed by atoms with Crippen molar-refractivity contribution in [3.05, 3.63) is 39.9 Å². The Morgan fingerprint density at radius 1 is 1.48 bits per heavy atom. The minimum atomic E-state index is -4.69. The Labute approximate surface area is 137 Å². The Bertz CT molecular complexity index is 793. The molecule has 0 aliphatic heterocycles. The number of carbonyl (C=O) groups excluding carboxylic acids is 1. The fourth-order valence-corrected chi connectivity index (χ4v) is 2.25. The third kappa shape index (κ3) is 4.91. The summed E-state index contributed by atoms with van der Waals surface area (Å²) in [5.41, 5.74) is 0.468. The highest BCUT2D eigenvalue weighted by Gasteiger charge is 2.20. The maximum absolute atomic E-state index is 13.7. The van der Waals surface area contributed by atoms with E-state index in [1.807, 2.05) is 0 Å². The highest BCUT2D eigenvalue weighted by molar-refractivity contribution is 9.10. The smallest absolute Gasteiger partial charge is 0.318 e. The molecule has 1 aromatic carbocycles. The van der Waals surface area contributed by atoms with Crippen LogP contribution in [0.15, 0.2) is 22.8 Å². The number of nitrogens with one attached hydrogen (secondary N) is 1. The first-order chi connectivity index (χ1) is 10.7. The van der Waals surface area contributed by atoms with Crippen molar-refractivity contribution in [3.63, 3.8) is 0 Å². The number of phosphoric ester groups is 1. The van der Waals surface area contributed by atoms with E-state index >= 15 is 0 Å². The average Bonchev–Trinajstić information content (AvgIpc) is 2.80. The molecule has 0 aliphatic rings. The number of carbonyl (C=O) groups is 1. The lowest BCUT2D eigenvalue weighted by molar-refractivity contribution is 0.101. The van der Waals surface area contributed by atoms with Crippen molar-refractivity contribution in [1.29, 1.82) is 0 Å². The zero-order valence-corrected chi connectivity index (χ0v) is 14.1. The molecule has 0 spiro atoms. The van der Waals surface area contributed by atoms with E-state index in [4.69, 9.17) is 9.79 Å². The summed E-state index contributed by atoms with van der Waals surface area (Å²) in [5, 5.41) is 9.75. The summed E-state index contributed by atoms with van der Waals surface area (Å²) in [6, 6.07) is 4.28. The number of anilines is 1. The minimum Gasteiger partial charge on any atom is -0.318 e. The quantitative estimate of drug-likeness (QED) is 0.643. The van der Waals surface area contributed by atoms with Gasteiger partial charge in [-0.25, -0.2) is 8.96 Å². The van der Waals surface area contributed by atoms with Crippen molar-refractivity contribution in [1.82, 2.24) is 15.0 Å². The molecule has 0 aliphatic carbocycles. The van der Waals surface area contributed by atoms with Crippen LogP contribution in [-0.2, 0) is 15.8 Å². The topological polar surface area (TPSA) is 127 Å². The van der Waals surface area contributed by atoms with Crippen molar-refractivity contribution in [2.24, 2.45) is 0 Å². The van der Waals surface area contributed by atoms with Gasteiger partial charge in [0.25, 0.3) is 5.91 Å². The van der Waals surface area contributed by atoms with Crippen LogP contribution >= 0.6 is 23.8 Å². The second-order valence-electron chi connectivity index (χ2n) is 4.40. The summed E-state index contributed by atoms with van der Waals surface area (Å²) in [5.74, 6) is -1.35. The highest BCUT2D eigenvalue weighted by atomic mass is 79.9. The Kier molecular flexibility index (Phi) is 5.27. The Balaban J connectivity index is 2.13. The lowest BCUT2D eigenvalue weighted by Crippen LogP contribution is -2.15. The van der Waals surface area contributed by atoms with Crippen LogP contribution in [0.4, 0.5) is 10.1 Å². The molecule has 0 saturated carbocycles. The zero-order valence-electron chi connectivity index (χ0n) is 11.6. The van der Waals surface area contributed by atoms with Gasteiger partial charge < -0.3 is 15.1 Å². The summed E-state index contributed by atoms with van der Waals surface area (Å²) in [7, 11) is -4.69. The van der Waals surface area contributed by atoms with Crippen molar-refractivity contribution in [3.8, 4) is 0 Å². The van der Waals surface area contributed by atoms with Crippen molar-refractivity contribution in [2.75, 3.05) is 5.32 Å². The first-order valence-electron chi connectivity index (χ1n) is 6.04. The van der Waals surface area contributed by atoms with Gasteiger partial charge in [0.05, 0.1) is 5.69 Å². The molecule has 9 nitrogen and oxygen atoms in total. The number of aromatic nitrogens is 3. The molecule has 124 valence electrons. The van der Waals surface area contributed by atoms with Crippen LogP contribution in [0.25, 0.3) is 0 Å². The highest BCUT2D eigenvalue weighted by Crippen LogP contribution is 2.35. The van der Waals surface area contributed by atoms with E-state index in [1.165, 1.54) is 12.1 Å². The molecule has 23 heavy (non-hydrogen) atoms. The van der Waals surface area contributed by atoms with Gasteiger partial charge in [-0.3, -0.25) is 9.32 Å². The minimum absolute atomic E-state index is 0.0110. The predicted octanol–water partition coefficient (Wildman–Crippen LogP) is 1.81. The molecule has 0 saturated heterocycles. The van der Waals surface area contributed by atoms with Gasteiger partial charge in [0.2, 0.25) is 0 Å². The van der Waals surface area contributed by atoms with Crippen molar-refractivity contribution >= 4 is 35.3 Å². The summed E-state index contributed by atoms with van der Waals surface area (Å²) in [4.78, 5) is 30.0. The van der Waals surface area contributed by atoms with E-state index in [0.717, 1.165) is 4.80 Å². The second-order valence-corrected chi connectivity index (χ2v) is 6.39. The summed E-state index contributed by atoms with van der Waals surface area (Å²) < 4.78 is 28.5. The molecule has 1 heterocycles. The van der Waals surface area contributed by atoms with Gasteiger partial charge in [-0.1, -0.05) is 6.07 Å². The van der Waals surface area contributed by atoms with Gasteiger partial charge in [-0.05, 0) is 40.5 Å². The number of nitrogens with zero attached hydrogens (tertiary/aromatic N) is 3. The molecule has 0 atom stereocenters. The van der Waals surface area contributed by atoms with E-state index in [0.29, 0.717) is 5.56 Å². The van der Waals surface area contributed by atoms with E-state index in [9.17, 15) is 13.8 Å². The Hall–Kier alpha value is -1.65. The van der Waals surface area contributed by atoms with Crippen LogP contribution in [0.3, 0.4) is 0 Å². The van der Waals surface area contributed by atoms with Crippen LogP contribution in [0.1, 0.15) is 16.1 Å². The fourth-order valence-electron chi connectivity index (χ4n) is 1.55. The predicted molar refractivity (Wildman–Crippen MR) is 79.9 cm³/mol. The molecule has 0 bridgehead atoms. The fraction of sp³-hybridized carbons (Fsp3) is 0.182. The van der Waals surface area contributed by atoms with Crippen LogP contribution in [0, 0.1) is 12.7 Å². The van der Waals surface area contributed by atoms with E-state index in [1.54, 1.807) is 13.0 Å². The summed E-state index contributed by atoms with van der Waals surface area (Å²) >= 11 is 2.98. The Morgan fingerprint density at radius 2 is 2.17 bits per heavy atom. The standard InChI is InChI=1S/C11H11BrFN4O5P/c1-6-2-3-8(7(13)4-6)14-11(18)9-10(12)16-17(15-9)5-22-23(19,20)21/h2-4H,5H2,1H3,(H,14,18)(H2,19,20,21). The lowest BCUT2D eigenvalue weighted by atomic mass is 10.2. The molecule has 1 aromatic heterocycles. The second kappa shape index (κ2) is 6.85. The average molecular weight is 409 g/mol. The summed E-state index contributed by atoms with van der Waals surface area (Å²) in [6.07, 6.45) is 0. The van der Waals surface area contributed by atoms with Gasteiger partial charge in [0, 0.05) is 0 Å². The molecule has 0 radical (unpaired) electrons. The van der Waals surface area contributed by atoms with Gasteiger partial charge >= 0.3 is 7.82 Å². The number of phosphoric acid groups is 1. The van der Waals surface area contributed by atoms with Gasteiger partial charge in [0.15, 0.2) is 17.0 Å². The molecular weight excluding hydrogens is 398 g/mol. The number of hydrogen-bond acceptors (Lipinski definition) is 5. The number of rotatable bonds is 5. The number of aryl methyl sites for hydroxylation is 1. The third-order valence-electron chi connectivity index (χ3n) is 2.54. The maximum Gasteiger partial charge on any atom is 0.471 e. The summed E-state index contributed by atoms with van der Waals surface area (Å²) in [6.45, 7) is 1.05. The largest absolute Gasteiger partial charge is 0.471 e. The van der Waals surface area contributed by atoms with Crippen LogP contribution < -0.4 is 5.32 Å². The molecule has 3 N–H and O–H groups in total. The van der Waals surface area contributed by atoms with E-state index in [2.05, 4.69) is 36.0 Å². The van der Waals surface area contributed by atoms with Gasteiger partial charge in [-0.15, -0.1) is 10.2 Å². The van der Waals surface area contributed by atoms with Crippen LogP contribution in [0.5, 0.6) is 0 Å². The molecule has 2 rings (SSSR count). The first-order valence-corrected chi connectivity index (χ1v) is 8.36. The molecule has 1 amide bonds. The molecule has 2 aromatic rings. The number of amides is 1. The normalized spacial score (nSPS) is 11.5. The number of benzene rings is 1. The van der Waals surface area contributed by atoms with Crippen molar-refractivity contribution in [2.45, 2.75) is 13.7 Å². The van der Waals surface area contributed by atoms with Gasteiger partial charge in [-0.2, -0.15) is 4.80 Å². The van der Waals surface area contributed by atoms with E-state index in [-0.39, 0.29) is 16.0 Å². The number of hydrogen-bond donors (Lipinski definition) is 3. The first kappa shape index (κ1) is 17.7. The SMILES string of the molecule is Cc1ccc(NC(=O)c2nn(COP(=O)(O)O)nc2Br)c(F)c1.